The number of imide groups is 1. The van der Waals surface area contributed by atoms with E-state index in [9.17, 15) is 18.6 Å². The van der Waals surface area contributed by atoms with E-state index < -0.39 is 28.7 Å². The molecule has 20 heavy (non-hydrogen) atoms. The van der Waals surface area contributed by atoms with Crippen molar-refractivity contribution in [2.75, 3.05) is 12.0 Å². The highest BCUT2D eigenvalue weighted by Crippen LogP contribution is 2.06. The molecule has 0 aromatic carbocycles. The van der Waals surface area contributed by atoms with Gasteiger partial charge >= 0.3 is 12.0 Å². The number of rotatable bonds is 8. The van der Waals surface area contributed by atoms with Crippen LogP contribution in [0.1, 0.15) is 33.1 Å². The summed E-state index contributed by atoms with van der Waals surface area (Å²) in [5.41, 5.74) is 0. The average molecular weight is 306 g/mol. The molecule has 0 rings (SSSR count). The largest absolute Gasteiger partial charge is 0.481 e. The first kappa shape index (κ1) is 18.6. The van der Waals surface area contributed by atoms with Gasteiger partial charge in [0.05, 0.1) is 0 Å². The highest BCUT2D eigenvalue weighted by molar-refractivity contribution is 7.84. The zero-order chi connectivity index (χ0) is 15.7. The lowest BCUT2D eigenvalue weighted by molar-refractivity contribution is -0.138. The van der Waals surface area contributed by atoms with E-state index in [1.807, 2.05) is 0 Å². The van der Waals surface area contributed by atoms with Crippen LogP contribution in [-0.4, -0.2) is 45.3 Å². The lowest BCUT2D eigenvalue weighted by atomic mass is 10.0. The minimum atomic E-state index is -0.976. The molecule has 0 aliphatic carbocycles. The van der Waals surface area contributed by atoms with Gasteiger partial charge in [-0.25, -0.2) is 4.79 Å². The van der Waals surface area contributed by atoms with E-state index in [1.54, 1.807) is 20.1 Å². The molecule has 7 nitrogen and oxygen atoms in total. The third kappa shape index (κ3) is 10.5. The molecule has 0 spiro atoms. The zero-order valence-corrected chi connectivity index (χ0v) is 12.8. The Morgan fingerprint density at radius 2 is 1.80 bits per heavy atom. The van der Waals surface area contributed by atoms with Crippen LogP contribution in [0.4, 0.5) is 4.79 Å². The van der Waals surface area contributed by atoms with Gasteiger partial charge in [0.15, 0.2) is 0 Å². The highest BCUT2D eigenvalue weighted by Gasteiger charge is 2.15. The molecular weight excluding hydrogens is 284 g/mol. The van der Waals surface area contributed by atoms with Crippen molar-refractivity contribution in [3.05, 3.63) is 0 Å². The molecule has 0 heterocycles. The Hall–Kier alpha value is -1.44. The van der Waals surface area contributed by atoms with Crippen LogP contribution in [0.3, 0.4) is 0 Å². The van der Waals surface area contributed by atoms with Gasteiger partial charge in [0, 0.05) is 41.7 Å². The number of hydrogen-bond acceptors (Lipinski definition) is 4. The Morgan fingerprint density at radius 1 is 1.20 bits per heavy atom. The molecule has 0 saturated heterocycles. The summed E-state index contributed by atoms with van der Waals surface area (Å²) in [5.74, 6) is -1.34. The van der Waals surface area contributed by atoms with Gasteiger partial charge in [0.2, 0.25) is 5.91 Å². The molecule has 3 amide bonds. The summed E-state index contributed by atoms with van der Waals surface area (Å²) in [6.45, 7) is 3.38. The standard InChI is InChI=1S/C12H22N2O5S/c1-8(7-11(16)17)6-10(15)14-12(18)13-9(2)4-5-20(3)19/h8-9H,4-7H2,1-3H3,(H,16,17)(H2,13,14,15,18). The Bertz CT molecular complexity index is 386. The molecule has 3 N–H and O–H groups in total. The molecule has 0 saturated carbocycles. The summed E-state index contributed by atoms with van der Waals surface area (Å²) in [7, 11) is -0.920. The van der Waals surface area contributed by atoms with Crippen molar-refractivity contribution in [1.82, 2.24) is 10.6 Å². The first-order chi connectivity index (χ1) is 9.20. The first-order valence-electron chi connectivity index (χ1n) is 6.32. The predicted molar refractivity (Wildman–Crippen MR) is 75.7 cm³/mol. The third-order valence-electron chi connectivity index (χ3n) is 2.53. The van der Waals surface area contributed by atoms with Gasteiger partial charge in [-0.2, -0.15) is 0 Å². The second-order valence-electron chi connectivity index (χ2n) is 4.90. The SMILES string of the molecule is CC(CC(=O)O)CC(=O)NC(=O)NC(C)CCS(C)=O. The maximum atomic E-state index is 11.5. The summed E-state index contributed by atoms with van der Waals surface area (Å²) in [6.07, 6.45) is 2.00. The minimum Gasteiger partial charge on any atom is -0.481 e. The van der Waals surface area contributed by atoms with Crippen LogP contribution in [-0.2, 0) is 20.4 Å². The van der Waals surface area contributed by atoms with Crippen molar-refractivity contribution in [2.24, 2.45) is 5.92 Å². The number of urea groups is 1. The Morgan fingerprint density at radius 3 is 2.30 bits per heavy atom. The van der Waals surface area contributed by atoms with Crippen molar-refractivity contribution in [1.29, 1.82) is 0 Å². The number of carboxylic acids is 1. The molecule has 0 radical (unpaired) electrons. The fraction of sp³-hybridized carbons (Fsp3) is 0.750. The summed E-state index contributed by atoms with van der Waals surface area (Å²) in [6, 6.07) is -0.810. The molecule has 3 atom stereocenters. The van der Waals surface area contributed by atoms with E-state index in [0.717, 1.165) is 0 Å². The predicted octanol–water partition coefficient (Wildman–Crippen LogP) is 0.470. The van der Waals surface area contributed by atoms with Crippen LogP contribution in [0, 0.1) is 5.92 Å². The normalized spacial score (nSPS) is 14.9. The monoisotopic (exact) mass is 306 g/mol. The zero-order valence-electron chi connectivity index (χ0n) is 12.0. The van der Waals surface area contributed by atoms with Gasteiger partial charge in [0.25, 0.3) is 0 Å². The molecule has 0 fully saturated rings. The molecule has 3 unspecified atom stereocenters. The first-order valence-corrected chi connectivity index (χ1v) is 8.05. The molecule has 0 aliphatic rings. The van der Waals surface area contributed by atoms with Crippen LogP contribution >= 0.6 is 0 Å². The topological polar surface area (TPSA) is 113 Å². The van der Waals surface area contributed by atoms with Gasteiger partial charge in [0.1, 0.15) is 0 Å². The van der Waals surface area contributed by atoms with Crippen LogP contribution in [0.2, 0.25) is 0 Å². The quantitative estimate of drug-likeness (QED) is 0.603. The van der Waals surface area contributed by atoms with Gasteiger partial charge < -0.3 is 10.4 Å². The summed E-state index contributed by atoms with van der Waals surface area (Å²) in [4.78, 5) is 33.4. The van der Waals surface area contributed by atoms with Crippen molar-refractivity contribution >= 4 is 28.7 Å². The maximum Gasteiger partial charge on any atom is 0.321 e. The van der Waals surface area contributed by atoms with Crippen molar-refractivity contribution < 1.29 is 23.7 Å². The molecule has 0 bridgehead atoms. The summed E-state index contributed by atoms with van der Waals surface area (Å²) >= 11 is 0. The molecule has 8 heteroatoms. The fourth-order valence-electron chi connectivity index (χ4n) is 1.54. The molecule has 116 valence electrons. The number of amides is 3. The van der Waals surface area contributed by atoms with Gasteiger partial charge in [-0.05, 0) is 19.3 Å². The third-order valence-corrected chi connectivity index (χ3v) is 3.34. The number of hydrogen-bond donors (Lipinski definition) is 3. The van der Waals surface area contributed by atoms with Crippen LogP contribution < -0.4 is 10.6 Å². The summed E-state index contributed by atoms with van der Waals surface area (Å²) in [5, 5.41) is 13.3. The second-order valence-corrected chi connectivity index (χ2v) is 6.45. The van der Waals surface area contributed by atoms with Crippen molar-refractivity contribution in [3.8, 4) is 0 Å². The van der Waals surface area contributed by atoms with E-state index >= 15 is 0 Å². The Kier molecular flexibility index (Phi) is 8.78. The van der Waals surface area contributed by atoms with E-state index in [2.05, 4.69) is 10.6 Å². The highest BCUT2D eigenvalue weighted by atomic mass is 32.2. The van der Waals surface area contributed by atoms with E-state index in [0.29, 0.717) is 12.2 Å². The molecular formula is C12H22N2O5S. The van der Waals surface area contributed by atoms with Crippen molar-refractivity contribution in [2.45, 2.75) is 39.2 Å². The Labute approximate surface area is 121 Å². The van der Waals surface area contributed by atoms with E-state index in [1.165, 1.54) is 0 Å². The average Bonchev–Trinajstić information content (AvgIpc) is 2.24. The molecule has 0 aliphatic heterocycles. The lowest BCUT2D eigenvalue weighted by Gasteiger charge is -2.14. The molecule has 0 aromatic heterocycles. The minimum absolute atomic E-state index is 0.0208. The van der Waals surface area contributed by atoms with E-state index in [-0.39, 0.29) is 24.8 Å². The smallest absolute Gasteiger partial charge is 0.321 e. The van der Waals surface area contributed by atoms with Gasteiger partial charge in [-0.3, -0.25) is 19.1 Å². The van der Waals surface area contributed by atoms with Gasteiger partial charge in [-0.15, -0.1) is 0 Å². The number of carboxylic acid groups (broad SMARTS) is 1. The lowest BCUT2D eigenvalue weighted by Crippen LogP contribution is -2.44. The number of carbonyl (C=O) groups excluding carboxylic acids is 2. The number of carbonyl (C=O) groups is 3. The number of aliphatic carboxylic acids is 1. The van der Waals surface area contributed by atoms with Crippen molar-refractivity contribution in [3.63, 3.8) is 0 Å². The fourth-order valence-corrected chi connectivity index (χ4v) is 2.22. The summed E-state index contributed by atoms with van der Waals surface area (Å²) < 4.78 is 10.9. The number of nitrogens with one attached hydrogen (secondary N) is 2. The van der Waals surface area contributed by atoms with Crippen LogP contribution in [0.25, 0.3) is 0 Å². The van der Waals surface area contributed by atoms with E-state index in [4.69, 9.17) is 5.11 Å². The van der Waals surface area contributed by atoms with Gasteiger partial charge in [-0.1, -0.05) is 6.92 Å². The second kappa shape index (κ2) is 9.46. The maximum absolute atomic E-state index is 11.5. The van der Waals surface area contributed by atoms with Crippen LogP contribution in [0.5, 0.6) is 0 Å². The Balaban J connectivity index is 3.98. The van der Waals surface area contributed by atoms with Crippen LogP contribution in [0.15, 0.2) is 0 Å². The molecule has 0 aromatic rings.